The minimum Gasteiger partial charge on any atom is -0.496 e. The lowest BCUT2D eigenvalue weighted by Crippen LogP contribution is -2.53. The molecular formula is C29H36N2O. The molecule has 1 fully saturated rings. The highest BCUT2D eigenvalue weighted by Gasteiger charge is 2.33. The quantitative estimate of drug-likeness (QED) is 0.475. The van der Waals surface area contributed by atoms with E-state index in [2.05, 4.69) is 110 Å². The fourth-order valence-corrected chi connectivity index (χ4v) is 4.94. The molecule has 3 heteroatoms. The van der Waals surface area contributed by atoms with Crippen LogP contribution in [0.1, 0.15) is 47.9 Å². The van der Waals surface area contributed by atoms with Gasteiger partial charge in [-0.15, -0.1) is 0 Å². The molecule has 0 saturated carbocycles. The number of rotatable bonds is 7. The van der Waals surface area contributed by atoms with Crippen LogP contribution in [0.4, 0.5) is 0 Å². The summed E-state index contributed by atoms with van der Waals surface area (Å²) in [5, 5.41) is 0. The second-order valence-corrected chi connectivity index (χ2v) is 9.31. The standard InChI is InChI=1S/C29H36N2O/c1-22(2)25-15-16-28(32-4)26(19-25)20-31-18-17-30(3)27(21-31)29(23-11-7-5-8-12-23)24-13-9-6-10-14-24/h5-16,19,22,27,29H,17-18,20-21H2,1-4H3. The molecule has 0 spiro atoms. The molecule has 3 aromatic carbocycles. The zero-order valence-corrected chi connectivity index (χ0v) is 19.9. The second-order valence-electron chi connectivity index (χ2n) is 9.31. The number of piperazine rings is 1. The van der Waals surface area contributed by atoms with Crippen molar-refractivity contribution in [3.63, 3.8) is 0 Å². The lowest BCUT2D eigenvalue weighted by atomic mass is 9.83. The van der Waals surface area contributed by atoms with E-state index in [-0.39, 0.29) is 0 Å². The fourth-order valence-electron chi connectivity index (χ4n) is 4.94. The van der Waals surface area contributed by atoms with Crippen molar-refractivity contribution in [2.45, 2.75) is 38.3 Å². The van der Waals surface area contributed by atoms with E-state index >= 15 is 0 Å². The molecule has 0 aliphatic carbocycles. The van der Waals surface area contributed by atoms with Crippen molar-refractivity contribution >= 4 is 0 Å². The first-order valence-electron chi connectivity index (χ1n) is 11.8. The summed E-state index contributed by atoms with van der Waals surface area (Å²) in [6.07, 6.45) is 0. The van der Waals surface area contributed by atoms with Crippen molar-refractivity contribution in [2.24, 2.45) is 0 Å². The van der Waals surface area contributed by atoms with E-state index in [1.165, 1.54) is 22.3 Å². The molecule has 3 nitrogen and oxygen atoms in total. The molecule has 1 unspecified atom stereocenters. The third-order valence-corrected chi connectivity index (χ3v) is 6.85. The van der Waals surface area contributed by atoms with Gasteiger partial charge in [0.1, 0.15) is 5.75 Å². The monoisotopic (exact) mass is 428 g/mol. The molecule has 32 heavy (non-hydrogen) atoms. The molecule has 3 aromatic rings. The highest BCUT2D eigenvalue weighted by molar-refractivity contribution is 5.39. The smallest absolute Gasteiger partial charge is 0.123 e. The van der Waals surface area contributed by atoms with Gasteiger partial charge in [-0.05, 0) is 35.7 Å². The lowest BCUT2D eigenvalue weighted by molar-refractivity contribution is 0.0810. The first-order valence-corrected chi connectivity index (χ1v) is 11.8. The maximum Gasteiger partial charge on any atom is 0.123 e. The number of methoxy groups -OCH3 is 1. The number of hydrogen-bond donors (Lipinski definition) is 0. The van der Waals surface area contributed by atoms with Gasteiger partial charge >= 0.3 is 0 Å². The number of likely N-dealkylation sites (N-methyl/N-ethyl adjacent to an activating group) is 1. The highest BCUT2D eigenvalue weighted by Crippen LogP contribution is 2.33. The van der Waals surface area contributed by atoms with Crippen molar-refractivity contribution in [3.05, 3.63) is 101 Å². The molecule has 1 aliphatic heterocycles. The molecule has 0 bridgehead atoms. The zero-order chi connectivity index (χ0) is 22.5. The Kier molecular flexibility index (Phi) is 7.29. The molecule has 1 atom stereocenters. The van der Waals surface area contributed by atoms with Gasteiger partial charge in [0.25, 0.3) is 0 Å². The van der Waals surface area contributed by atoms with Gasteiger partial charge in [-0.1, -0.05) is 86.6 Å². The third kappa shape index (κ3) is 5.06. The average Bonchev–Trinajstić information content (AvgIpc) is 2.82. The normalized spacial score (nSPS) is 17.8. The zero-order valence-electron chi connectivity index (χ0n) is 19.9. The second kappa shape index (κ2) is 10.3. The molecule has 1 saturated heterocycles. The molecule has 0 N–H and O–H groups in total. The first kappa shape index (κ1) is 22.6. The molecule has 168 valence electrons. The van der Waals surface area contributed by atoms with Gasteiger partial charge in [0.05, 0.1) is 7.11 Å². The summed E-state index contributed by atoms with van der Waals surface area (Å²) < 4.78 is 5.72. The maximum absolute atomic E-state index is 5.72. The van der Waals surface area contributed by atoms with E-state index < -0.39 is 0 Å². The van der Waals surface area contributed by atoms with Crippen LogP contribution < -0.4 is 4.74 Å². The van der Waals surface area contributed by atoms with Gasteiger partial charge in [-0.2, -0.15) is 0 Å². The van der Waals surface area contributed by atoms with Crippen LogP contribution in [0.5, 0.6) is 5.75 Å². The van der Waals surface area contributed by atoms with E-state index in [1.54, 1.807) is 7.11 Å². The third-order valence-electron chi connectivity index (χ3n) is 6.85. The Morgan fingerprint density at radius 2 is 1.47 bits per heavy atom. The molecule has 4 rings (SSSR count). The maximum atomic E-state index is 5.72. The average molecular weight is 429 g/mol. The van der Waals surface area contributed by atoms with Crippen LogP contribution in [-0.2, 0) is 6.54 Å². The van der Waals surface area contributed by atoms with Gasteiger partial charge in [-0.25, -0.2) is 0 Å². The Labute approximate surface area is 193 Å². The predicted molar refractivity (Wildman–Crippen MR) is 134 cm³/mol. The topological polar surface area (TPSA) is 15.7 Å². The Hall–Kier alpha value is -2.62. The van der Waals surface area contributed by atoms with Crippen molar-refractivity contribution in [3.8, 4) is 5.75 Å². The molecule has 1 heterocycles. The Bertz CT molecular complexity index is 947. The summed E-state index contributed by atoms with van der Waals surface area (Å²) in [6, 6.07) is 29.0. The van der Waals surface area contributed by atoms with E-state index in [0.717, 1.165) is 31.9 Å². The number of ether oxygens (including phenoxy) is 1. The largest absolute Gasteiger partial charge is 0.496 e. The molecule has 0 amide bonds. The molecule has 1 aliphatic rings. The Balaban J connectivity index is 1.62. The van der Waals surface area contributed by atoms with Crippen LogP contribution in [0.2, 0.25) is 0 Å². The highest BCUT2D eigenvalue weighted by atomic mass is 16.5. The molecule has 0 radical (unpaired) electrons. The van der Waals surface area contributed by atoms with Crippen LogP contribution in [-0.4, -0.2) is 49.6 Å². The number of benzene rings is 3. The number of hydrogen-bond acceptors (Lipinski definition) is 3. The lowest BCUT2D eigenvalue weighted by Gasteiger charge is -2.43. The van der Waals surface area contributed by atoms with Gasteiger partial charge in [0.15, 0.2) is 0 Å². The Morgan fingerprint density at radius 1 is 0.844 bits per heavy atom. The van der Waals surface area contributed by atoms with Gasteiger partial charge in [-0.3, -0.25) is 9.80 Å². The van der Waals surface area contributed by atoms with E-state index in [4.69, 9.17) is 4.74 Å². The first-order chi connectivity index (χ1) is 15.6. The van der Waals surface area contributed by atoms with Gasteiger partial charge < -0.3 is 4.74 Å². The van der Waals surface area contributed by atoms with Crippen LogP contribution in [0, 0.1) is 0 Å². The van der Waals surface area contributed by atoms with Crippen LogP contribution in [0.25, 0.3) is 0 Å². The summed E-state index contributed by atoms with van der Waals surface area (Å²) in [4.78, 5) is 5.15. The van der Waals surface area contributed by atoms with E-state index in [0.29, 0.717) is 17.9 Å². The SMILES string of the molecule is COc1ccc(C(C)C)cc1CN1CCN(C)C(C(c2ccccc2)c2ccccc2)C1. The number of nitrogens with zero attached hydrogens (tertiary/aromatic N) is 2. The summed E-state index contributed by atoms with van der Waals surface area (Å²) in [5.74, 6) is 1.85. The van der Waals surface area contributed by atoms with Crippen molar-refractivity contribution in [1.29, 1.82) is 0 Å². The fraction of sp³-hybridized carbons (Fsp3) is 0.379. The summed E-state index contributed by atoms with van der Waals surface area (Å²) in [5.41, 5.74) is 5.43. The van der Waals surface area contributed by atoms with Gasteiger partial charge in [0, 0.05) is 43.7 Å². The van der Waals surface area contributed by atoms with E-state index in [1.807, 2.05) is 0 Å². The molecule has 0 aromatic heterocycles. The van der Waals surface area contributed by atoms with Crippen LogP contribution in [0.3, 0.4) is 0 Å². The van der Waals surface area contributed by atoms with Crippen molar-refractivity contribution in [2.75, 3.05) is 33.8 Å². The molecular weight excluding hydrogens is 392 g/mol. The van der Waals surface area contributed by atoms with Crippen LogP contribution >= 0.6 is 0 Å². The summed E-state index contributed by atoms with van der Waals surface area (Å²) >= 11 is 0. The van der Waals surface area contributed by atoms with E-state index in [9.17, 15) is 0 Å². The van der Waals surface area contributed by atoms with Crippen LogP contribution in [0.15, 0.2) is 78.9 Å². The van der Waals surface area contributed by atoms with Crippen molar-refractivity contribution < 1.29 is 4.74 Å². The summed E-state index contributed by atoms with van der Waals surface area (Å²) in [6.45, 7) is 8.58. The minimum atomic E-state index is 0.342. The Morgan fingerprint density at radius 3 is 2.03 bits per heavy atom. The van der Waals surface area contributed by atoms with Crippen molar-refractivity contribution in [1.82, 2.24) is 9.80 Å². The van der Waals surface area contributed by atoms with Gasteiger partial charge in [0.2, 0.25) is 0 Å². The minimum absolute atomic E-state index is 0.342. The summed E-state index contributed by atoms with van der Waals surface area (Å²) in [7, 11) is 4.06. The predicted octanol–water partition coefficient (Wildman–Crippen LogP) is 5.77.